The van der Waals surface area contributed by atoms with Gasteiger partial charge in [0.15, 0.2) is 0 Å². The van der Waals surface area contributed by atoms with Crippen LogP contribution in [0.1, 0.15) is 40.0 Å². The highest BCUT2D eigenvalue weighted by molar-refractivity contribution is 7.47. The first-order valence-electron chi connectivity index (χ1n) is 11.9. The second-order valence-corrected chi connectivity index (χ2v) is 13.0. The third kappa shape index (κ3) is 10.3. The molecule has 0 aromatic heterocycles. The van der Waals surface area contributed by atoms with Crippen LogP contribution >= 0.6 is 15.6 Å². The average molecular weight is 564 g/mol. The molecule has 3 heterocycles. The van der Waals surface area contributed by atoms with E-state index in [2.05, 4.69) is 0 Å². The van der Waals surface area contributed by atoms with Crippen molar-refractivity contribution in [2.45, 2.75) is 100 Å². The standard InChI is InChI=1S/C19H33B3O13P2/c1-19(2,3)28-7-14-11(5-17(21)32-14)34-37(26,27)30-9-15-12(6-18(22)33-15)35-36(24,25)29-8-13-10(23)4-16(20)31-13/h10-18,23H,4-9H2,1-3H3,(H,24,25)(H,26,27). The summed E-state index contributed by atoms with van der Waals surface area (Å²) in [5.74, 6) is 0. The maximum absolute atomic E-state index is 12.6. The van der Waals surface area contributed by atoms with Gasteiger partial charge in [0, 0.05) is 18.0 Å². The molecule has 3 fully saturated rings. The van der Waals surface area contributed by atoms with Crippen LogP contribution in [0.25, 0.3) is 0 Å². The van der Waals surface area contributed by atoms with Crippen molar-refractivity contribution >= 4 is 39.2 Å². The SMILES string of the molecule is [B]C1CC(O)C(COP(=O)(O)OC2CC([B])OC2COP(=O)(O)OC2CC([B])OC2COC(C)(C)C)O1. The van der Waals surface area contributed by atoms with Crippen molar-refractivity contribution in [2.75, 3.05) is 19.8 Å². The van der Waals surface area contributed by atoms with E-state index in [0.29, 0.717) is 0 Å². The average Bonchev–Trinajstić information content (AvgIpc) is 3.38. The molecule has 13 nitrogen and oxygen atoms in total. The van der Waals surface area contributed by atoms with Crippen molar-refractivity contribution in [1.82, 2.24) is 0 Å². The second-order valence-electron chi connectivity index (χ2n) is 10.2. The van der Waals surface area contributed by atoms with E-state index in [9.17, 15) is 24.0 Å². The largest absolute Gasteiger partial charge is 0.472 e. The molecule has 37 heavy (non-hydrogen) atoms. The lowest BCUT2D eigenvalue weighted by Gasteiger charge is -2.26. The van der Waals surface area contributed by atoms with Crippen LogP contribution in [0.5, 0.6) is 0 Å². The molecular weight excluding hydrogens is 531 g/mol. The van der Waals surface area contributed by atoms with Crippen LogP contribution in [0.4, 0.5) is 0 Å². The van der Waals surface area contributed by atoms with E-state index >= 15 is 0 Å². The van der Waals surface area contributed by atoms with Gasteiger partial charge in [0.05, 0.1) is 43.7 Å². The van der Waals surface area contributed by atoms with E-state index in [1.165, 1.54) is 0 Å². The summed E-state index contributed by atoms with van der Waals surface area (Å²) in [5, 5.41) is 9.83. The first-order chi connectivity index (χ1) is 17.0. The van der Waals surface area contributed by atoms with Crippen molar-refractivity contribution in [3.05, 3.63) is 0 Å². The van der Waals surface area contributed by atoms with Gasteiger partial charge in [0.25, 0.3) is 0 Å². The molecular formula is C19H33B3O13P2. The van der Waals surface area contributed by atoms with Crippen molar-refractivity contribution in [1.29, 1.82) is 0 Å². The highest BCUT2D eigenvalue weighted by Gasteiger charge is 2.43. The number of phosphoric ester groups is 2. The third-order valence-electron chi connectivity index (χ3n) is 5.73. The highest BCUT2D eigenvalue weighted by atomic mass is 31.2. The molecule has 0 aliphatic carbocycles. The summed E-state index contributed by atoms with van der Waals surface area (Å²) >= 11 is 0. The fraction of sp³-hybridized carbons (Fsp3) is 1.00. The minimum atomic E-state index is -4.66. The Morgan fingerprint density at radius 2 is 1.16 bits per heavy atom. The summed E-state index contributed by atoms with van der Waals surface area (Å²) in [6, 6.07) is -2.32. The van der Waals surface area contributed by atoms with E-state index in [0.717, 1.165) is 0 Å². The fourth-order valence-electron chi connectivity index (χ4n) is 3.99. The number of aliphatic hydroxyl groups excluding tert-OH is 1. The summed E-state index contributed by atoms with van der Waals surface area (Å²) in [6.07, 6.45) is -5.37. The number of rotatable bonds is 12. The fourth-order valence-corrected chi connectivity index (χ4v) is 5.91. The van der Waals surface area contributed by atoms with Crippen LogP contribution in [0.3, 0.4) is 0 Å². The van der Waals surface area contributed by atoms with Gasteiger partial charge in [-0.15, -0.1) is 0 Å². The van der Waals surface area contributed by atoms with Gasteiger partial charge in [0.1, 0.15) is 41.9 Å². The van der Waals surface area contributed by atoms with E-state index in [1.807, 2.05) is 20.8 Å². The van der Waals surface area contributed by atoms with Gasteiger partial charge in [0.2, 0.25) is 0 Å². The van der Waals surface area contributed by atoms with E-state index in [1.54, 1.807) is 0 Å². The van der Waals surface area contributed by atoms with Gasteiger partial charge in [-0.1, -0.05) is 0 Å². The highest BCUT2D eigenvalue weighted by Crippen LogP contribution is 2.50. The van der Waals surface area contributed by atoms with Crippen LogP contribution < -0.4 is 0 Å². The first-order valence-corrected chi connectivity index (χ1v) is 14.9. The van der Waals surface area contributed by atoms with Crippen molar-refractivity contribution in [3.8, 4) is 0 Å². The Hall–Kier alpha value is 0.215. The van der Waals surface area contributed by atoms with E-state index in [4.69, 9.17) is 60.6 Å². The molecule has 6 radical (unpaired) electrons. The van der Waals surface area contributed by atoms with Crippen LogP contribution in [0.15, 0.2) is 0 Å². The Balaban J connectivity index is 1.50. The molecule has 11 unspecified atom stereocenters. The normalized spacial score (nSPS) is 40.0. The van der Waals surface area contributed by atoms with Gasteiger partial charge in [-0.05, 0) is 40.0 Å². The molecule has 3 rings (SSSR count). The van der Waals surface area contributed by atoms with Gasteiger partial charge in [-0.2, -0.15) is 0 Å². The van der Waals surface area contributed by atoms with Crippen molar-refractivity contribution in [3.63, 3.8) is 0 Å². The predicted molar refractivity (Wildman–Crippen MR) is 130 cm³/mol. The number of ether oxygens (including phenoxy) is 4. The van der Waals surface area contributed by atoms with E-state index in [-0.39, 0.29) is 25.9 Å². The van der Waals surface area contributed by atoms with Crippen LogP contribution in [0.2, 0.25) is 0 Å². The van der Waals surface area contributed by atoms with Gasteiger partial charge >= 0.3 is 15.6 Å². The lowest BCUT2D eigenvalue weighted by Crippen LogP contribution is -2.33. The maximum Gasteiger partial charge on any atom is 0.472 e. The summed E-state index contributed by atoms with van der Waals surface area (Å²) in [5.41, 5.74) is -0.472. The first kappa shape index (κ1) is 31.7. The number of hydrogen-bond donors (Lipinski definition) is 3. The van der Waals surface area contributed by atoms with Crippen LogP contribution in [-0.2, 0) is 46.2 Å². The van der Waals surface area contributed by atoms with Gasteiger partial charge in [-0.25, -0.2) is 9.13 Å². The Morgan fingerprint density at radius 3 is 1.59 bits per heavy atom. The van der Waals surface area contributed by atoms with Crippen molar-refractivity contribution in [2.24, 2.45) is 0 Å². The number of hydrogen-bond acceptors (Lipinski definition) is 11. The lowest BCUT2D eigenvalue weighted by molar-refractivity contribution is -0.0813. The molecule has 206 valence electrons. The Bertz CT molecular complexity index is 849. The van der Waals surface area contributed by atoms with Gasteiger partial charge < -0.3 is 33.8 Å². The molecule has 0 spiro atoms. The van der Waals surface area contributed by atoms with Crippen LogP contribution in [0, 0.1) is 0 Å². The number of aliphatic hydroxyl groups is 1. The van der Waals surface area contributed by atoms with Crippen LogP contribution in [-0.4, -0.2) is 118 Å². The Morgan fingerprint density at radius 1 is 0.757 bits per heavy atom. The molecule has 3 N–H and O–H groups in total. The summed E-state index contributed by atoms with van der Waals surface area (Å²) in [4.78, 5) is 20.4. The minimum absolute atomic E-state index is 0.0243. The molecule has 3 saturated heterocycles. The molecule has 18 heteroatoms. The zero-order valence-corrected chi connectivity index (χ0v) is 22.8. The second kappa shape index (κ2) is 12.8. The smallest absolute Gasteiger partial charge is 0.390 e. The summed E-state index contributed by atoms with van der Waals surface area (Å²) < 4.78 is 67.3. The minimum Gasteiger partial charge on any atom is -0.390 e. The Labute approximate surface area is 220 Å². The lowest BCUT2D eigenvalue weighted by atomic mass is 9.96. The topological polar surface area (TPSA) is 169 Å². The molecule has 0 aromatic rings. The molecule has 3 aliphatic rings. The third-order valence-corrected chi connectivity index (χ3v) is 7.76. The molecule has 3 aliphatic heterocycles. The molecule has 0 aromatic carbocycles. The van der Waals surface area contributed by atoms with Gasteiger partial charge in [-0.3, -0.25) is 18.1 Å². The molecule has 0 amide bonds. The zero-order chi connectivity index (χ0) is 27.6. The summed E-state index contributed by atoms with van der Waals surface area (Å²) in [7, 11) is 7.84. The quantitative estimate of drug-likeness (QED) is 0.215. The van der Waals surface area contributed by atoms with E-state index < -0.39 is 89.1 Å². The molecule has 0 bridgehead atoms. The predicted octanol–water partition coefficient (Wildman–Crippen LogP) is 0.0173. The number of phosphoric acid groups is 2. The zero-order valence-electron chi connectivity index (χ0n) is 21.0. The van der Waals surface area contributed by atoms with Crippen molar-refractivity contribution < 1.29 is 61.1 Å². The molecule has 0 saturated carbocycles. The summed E-state index contributed by atoms with van der Waals surface area (Å²) in [6.45, 7) is 4.63. The monoisotopic (exact) mass is 564 g/mol. The Kier molecular flexibility index (Phi) is 11.0. The molecule has 11 atom stereocenters. The maximum atomic E-state index is 12.6.